The molecule has 0 aromatic rings. The van der Waals surface area contributed by atoms with Crippen LogP contribution in [0.1, 0.15) is 32.1 Å². The molecule has 0 amide bonds. The number of piperidine rings is 1. The van der Waals surface area contributed by atoms with Gasteiger partial charge in [0.1, 0.15) is 0 Å². The molecule has 1 spiro atoms. The fourth-order valence-electron chi connectivity index (χ4n) is 3.97. The van der Waals surface area contributed by atoms with E-state index in [1.165, 1.54) is 20.0 Å². The molecule has 126 valence electrons. The molecule has 3 fully saturated rings. The highest BCUT2D eigenvalue weighted by Gasteiger charge is 2.59. The number of nitrogens with zero attached hydrogens (tertiary/aromatic N) is 2. The number of carbonyl (C=O) groups is 1. The molecule has 7 heteroatoms. The molecule has 0 bridgehead atoms. The standard InChI is InChI=1S/C15H26N2O4S/c1-21-14(18)13-12-15(13)4-8-17(9-5-15)22(19,20)11-10-16-6-2-3-7-16/h13H,2-12H2,1H3. The summed E-state index contributed by atoms with van der Waals surface area (Å²) in [7, 11) is -1.74. The zero-order valence-electron chi connectivity index (χ0n) is 13.3. The lowest BCUT2D eigenvalue weighted by Crippen LogP contribution is -2.43. The highest BCUT2D eigenvalue weighted by molar-refractivity contribution is 7.89. The van der Waals surface area contributed by atoms with E-state index in [1.54, 1.807) is 4.31 Å². The second kappa shape index (κ2) is 6.09. The van der Waals surface area contributed by atoms with E-state index in [0.29, 0.717) is 19.6 Å². The first kappa shape index (κ1) is 16.2. The monoisotopic (exact) mass is 330 g/mol. The molecule has 0 aromatic carbocycles. The van der Waals surface area contributed by atoms with Crippen LogP contribution in [-0.2, 0) is 19.6 Å². The third kappa shape index (κ3) is 3.16. The highest BCUT2D eigenvalue weighted by Crippen LogP contribution is 2.59. The van der Waals surface area contributed by atoms with E-state index >= 15 is 0 Å². The Morgan fingerprint density at radius 2 is 1.82 bits per heavy atom. The van der Waals surface area contributed by atoms with E-state index in [-0.39, 0.29) is 23.1 Å². The van der Waals surface area contributed by atoms with E-state index in [1.807, 2.05) is 0 Å². The average molecular weight is 330 g/mol. The van der Waals surface area contributed by atoms with Crippen LogP contribution in [0.3, 0.4) is 0 Å². The van der Waals surface area contributed by atoms with E-state index < -0.39 is 10.0 Å². The molecule has 0 N–H and O–H groups in total. The first-order chi connectivity index (χ1) is 10.5. The molecule has 1 aliphatic carbocycles. The van der Waals surface area contributed by atoms with Gasteiger partial charge in [0.2, 0.25) is 10.0 Å². The Balaban J connectivity index is 1.49. The Bertz CT molecular complexity index is 520. The number of hydrogen-bond acceptors (Lipinski definition) is 5. The molecule has 2 aliphatic heterocycles. The van der Waals surface area contributed by atoms with Crippen LogP contribution in [-0.4, -0.2) is 69.2 Å². The Kier molecular flexibility index (Phi) is 4.49. The van der Waals surface area contributed by atoms with Crippen LogP contribution >= 0.6 is 0 Å². The van der Waals surface area contributed by atoms with Crippen molar-refractivity contribution >= 4 is 16.0 Å². The van der Waals surface area contributed by atoms with E-state index in [9.17, 15) is 13.2 Å². The summed E-state index contributed by atoms with van der Waals surface area (Å²) in [5.41, 5.74) is 0.0219. The van der Waals surface area contributed by atoms with Crippen molar-refractivity contribution in [2.45, 2.75) is 32.1 Å². The molecule has 0 aromatic heterocycles. The number of ether oxygens (including phenoxy) is 1. The largest absolute Gasteiger partial charge is 0.469 e. The number of carbonyl (C=O) groups excluding carboxylic acids is 1. The maximum Gasteiger partial charge on any atom is 0.309 e. The molecular weight excluding hydrogens is 304 g/mol. The van der Waals surface area contributed by atoms with Crippen molar-refractivity contribution in [3.05, 3.63) is 0 Å². The van der Waals surface area contributed by atoms with Gasteiger partial charge in [-0.25, -0.2) is 12.7 Å². The van der Waals surface area contributed by atoms with Crippen molar-refractivity contribution in [1.29, 1.82) is 0 Å². The Labute approximate surface area is 132 Å². The minimum atomic E-state index is -3.16. The van der Waals surface area contributed by atoms with Crippen LogP contribution in [0.5, 0.6) is 0 Å². The van der Waals surface area contributed by atoms with Crippen LogP contribution in [0.25, 0.3) is 0 Å². The molecule has 1 unspecified atom stereocenters. The van der Waals surface area contributed by atoms with Crippen LogP contribution < -0.4 is 0 Å². The summed E-state index contributed by atoms with van der Waals surface area (Å²) in [6.45, 7) is 3.80. The first-order valence-corrected chi connectivity index (χ1v) is 9.86. The van der Waals surface area contributed by atoms with Gasteiger partial charge in [-0.1, -0.05) is 0 Å². The lowest BCUT2D eigenvalue weighted by Gasteiger charge is -2.32. The molecule has 2 heterocycles. The van der Waals surface area contributed by atoms with Crippen LogP contribution in [0.4, 0.5) is 0 Å². The summed E-state index contributed by atoms with van der Waals surface area (Å²) < 4.78 is 31.3. The average Bonchev–Trinajstić information content (AvgIpc) is 2.97. The van der Waals surface area contributed by atoms with Gasteiger partial charge in [0.15, 0.2) is 0 Å². The van der Waals surface area contributed by atoms with Gasteiger partial charge in [-0.2, -0.15) is 0 Å². The number of methoxy groups -OCH3 is 1. The van der Waals surface area contributed by atoms with Gasteiger partial charge in [-0.05, 0) is 50.6 Å². The molecule has 0 radical (unpaired) electrons. The summed E-state index contributed by atoms with van der Waals surface area (Å²) >= 11 is 0. The van der Waals surface area contributed by atoms with Gasteiger partial charge < -0.3 is 9.64 Å². The van der Waals surface area contributed by atoms with Gasteiger partial charge in [0.05, 0.1) is 18.8 Å². The predicted molar refractivity (Wildman–Crippen MR) is 82.8 cm³/mol. The second-order valence-electron chi connectivity index (χ2n) is 6.91. The Hall–Kier alpha value is -0.660. The maximum absolute atomic E-state index is 12.5. The van der Waals surface area contributed by atoms with Crippen molar-refractivity contribution in [3.63, 3.8) is 0 Å². The lowest BCUT2D eigenvalue weighted by atomic mass is 9.92. The van der Waals surface area contributed by atoms with E-state index in [0.717, 1.165) is 32.4 Å². The summed E-state index contributed by atoms with van der Waals surface area (Å²) in [5, 5.41) is 0. The Morgan fingerprint density at radius 3 is 2.41 bits per heavy atom. The van der Waals surface area contributed by atoms with Gasteiger partial charge in [-0.3, -0.25) is 4.79 Å². The summed E-state index contributed by atoms with van der Waals surface area (Å²) in [5.74, 6) is 0.0813. The number of rotatable bonds is 5. The van der Waals surface area contributed by atoms with Crippen molar-refractivity contribution in [2.75, 3.05) is 45.6 Å². The predicted octanol–water partition coefficient (Wildman–Crippen LogP) is 0.687. The van der Waals surface area contributed by atoms with Gasteiger partial charge in [0.25, 0.3) is 0 Å². The minimum absolute atomic E-state index is 0.00745. The van der Waals surface area contributed by atoms with Crippen molar-refractivity contribution in [3.8, 4) is 0 Å². The van der Waals surface area contributed by atoms with Crippen molar-refractivity contribution in [1.82, 2.24) is 9.21 Å². The van der Waals surface area contributed by atoms with Gasteiger partial charge in [0, 0.05) is 19.6 Å². The quantitative estimate of drug-likeness (QED) is 0.694. The first-order valence-electron chi connectivity index (χ1n) is 8.25. The topological polar surface area (TPSA) is 66.9 Å². The molecule has 1 saturated carbocycles. The third-order valence-corrected chi connectivity index (χ3v) is 7.50. The molecule has 3 rings (SSSR count). The maximum atomic E-state index is 12.5. The van der Waals surface area contributed by atoms with Crippen LogP contribution in [0, 0.1) is 11.3 Å². The smallest absolute Gasteiger partial charge is 0.309 e. The second-order valence-corrected chi connectivity index (χ2v) is 8.99. The molecule has 3 aliphatic rings. The molecule has 6 nitrogen and oxygen atoms in total. The number of likely N-dealkylation sites (tertiary alicyclic amines) is 1. The normalized spacial score (nSPS) is 28.9. The van der Waals surface area contributed by atoms with Crippen molar-refractivity contribution < 1.29 is 17.9 Å². The van der Waals surface area contributed by atoms with Crippen LogP contribution in [0.2, 0.25) is 0 Å². The van der Waals surface area contributed by atoms with Gasteiger partial charge in [-0.15, -0.1) is 0 Å². The Morgan fingerprint density at radius 1 is 1.18 bits per heavy atom. The zero-order chi connectivity index (χ0) is 15.8. The molecular formula is C15H26N2O4S. The summed E-state index contributed by atoms with van der Waals surface area (Å²) in [6, 6.07) is 0. The number of hydrogen-bond donors (Lipinski definition) is 0. The number of sulfonamides is 1. The SMILES string of the molecule is COC(=O)C1CC12CCN(S(=O)(=O)CCN1CCCC1)CC2. The number of esters is 1. The fraction of sp³-hybridized carbons (Fsp3) is 0.933. The molecule has 22 heavy (non-hydrogen) atoms. The highest BCUT2D eigenvalue weighted by atomic mass is 32.2. The van der Waals surface area contributed by atoms with Crippen molar-refractivity contribution in [2.24, 2.45) is 11.3 Å². The molecule has 2 saturated heterocycles. The molecule has 1 atom stereocenters. The lowest BCUT2D eigenvalue weighted by molar-refractivity contribution is -0.143. The van der Waals surface area contributed by atoms with Crippen LogP contribution in [0.15, 0.2) is 0 Å². The zero-order valence-corrected chi connectivity index (χ0v) is 14.1. The minimum Gasteiger partial charge on any atom is -0.469 e. The van der Waals surface area contributed by atoms with Gasteiger partial charge >= 0.3 is 5.97 Å². The third-order valence-electron chi connectivity index (χ3n) is 5.65. The van der Waals surface area contributed by atoms with E-state index in [4.69, 9.17) is 4.74 Å². The summed E-state index contributed by atoms with van der Waals surface area (Å²) in [4.78, 5) is 13.8. The fourth-order valence-corrected chi connectivity index (χ4v) is 5.45. The summed E-state index contributed by atoms with van der Waals surface area (Å²) in [6.07, 6.45) is 4.80. The van der Waals surface area contributed by atoms with E-state index in [2.05, 4.69) is 4.90 Å².